The SMILES string of the molecule is CC1CC(CO)C(C)N(c2cc(-c3cnc4ccc(C(F)F)nn34)ncn2)C1. The lowest BCUT2D eigenvalue weighted by molar-refractivity contribution is 0.144. The van der Waals surface area contributed by atoms with Crippen LogP contribution in [0.1, 0.15) is 32.4 Å². The fraction of sp³-hybridized carbons (Fsp3) is 0.474. The maximum absolute atomic E-state index is 13.0. The Hall–Kier alpha value is -2.68. The molecule has 9 heteroatoms. The summed E-state index contributed by atoms with van der Waals surface area (Å²) in [5.74, 6) is 1.34. The van der Waals surface area contributed by atoms with Gasteiger partial charge in [-0.2, -0.15) is 5.10 Å². The van der Waals surface area contributed by atoms with E-state index in [2.05, 4.69) is 38.8 Å². The van der Waals surface area contributed by atoms with Crippen molar-refractivity contribution in [2.24, 2.45) is 11.8 Å². The quantitative estimate of drug-likeness (QED) is 0.740. The Morgan fingerprint density at radius 1 is 1.21 bits per heavy atom. The van der Waals surface area contributed by atoms with E-state index in [1.165, 1.54) is 23.0 Å². The largest absolute Gasteiger partial charge is 0.396 e. The lowest BCUT2D eigenvalue weighted by Gasteiger charge is -2.42. The molecule has 28 heavy (non-hydrogen) atoms. The van der Waals surface area contributed by atoms with Crippen molar-refractivity contribution in [3.05, 3.63) is 36.4 Å². The Balaban J connectivity index is 1.73. The molecule has 1 N–H and O–H groups in total. The van der Waals surface area contributed by atoms with Crippen LogP contribution in [0.2, 0.25) is 0 Å². The average Bonchev–Trinajstić information content (AvgIpc) is 3.12. The maximum atomic E-state index is 13.0. The maximum Gasteiger partial charge on any atom is 0.282 e. The summed E-state index contributed by atoms with van der Waals surface area (Å²) < 4.78 is 27.5. The molecule has 0 aliphatic carbocycles. The third kappa shape index (κ3) is 3.30. The third-order valence-corrected chi connectivity index (χ3v) is 5.44. The summed E-state index contributed by atoms with van der Waals surface area (Å²) in [4.78, 5) is 15.1. The van der Waals surface area contributed by atoms with E-state index in [1.54, 1.807) is 6.20 Å². The number of halogens is 2. The zero-order valence-corrected chi connectivity index (χ0v) is 15.7. The zero-order chi connectivity index (χ0) is 19.8. The van der Waals surface area contributed by atoms with Crippen molar-refractivity contribution in [2.75, 3.05) is 18.1 Å². The van der Waals surface area contributed by atoms with E-state index in [0.29, 0.717) is 23.0 Å². The number of hydrogen-bond acceptors (Lipinski definition) is 6. The van der Waals surface area contributed by atoms with Gasteiger partial charge in [0.05, 0.1) is 11.9 Å². The molecule has 0 aromatic carbocycles. The van der Waals surface area contributed by atoms with Crippen molar-refractivity contribution >= 4 is 11.5 Å². The number of anilines is 1. The smallest absolute Gasteiger partial charge is 0.282 e. The van der Waals surface area contributed by atoms with Crippen LogP contribution < -0.4 is 4.90 Å². The molecule has 1 fully saturated rings. The first-order chi connectivity index (χ1) is 13.5. The number of aromatic nitrogens is 5. The minimum Gasteiger partial charge on any atom is -0.396 e. The monoisotopic (exact) mass is 388 g/mol. The van der Waals surface area contributed by atoms with Crippen molar-refractivity contribution in [3.8, 4) is 11.4 Å². The Bertz CT molecular complexity index is 978. The highest BCUT2D eigenvalue weighted by Gasteiger charge is 2.32. The molecule has 0 radical (unpaired) electrons. The molecule has 3 aromatic heterocycles. The second-order valence-electron chi connectivity index (χ2n) is 7.41. The first-order valence-electron chi connectivity index (χ1n) is 9.30. The summed E-state index contributed by atoms with van der Waals surface area (Å²) in [6, 6.07) is 4.74. The van der Waals surface area contributed by atoms with Gasteiger partial charge in [0.2, 0.25) is 0 Å². The highest BCUT2D eigenvalue weighted by Crippen LogP contribution is 2.31. The molecule has 3 aromatic rings. The molecular formula is C19H22F2N6O. The molecule has 1 saturated heterocycles. The molecule has 0 amide bonds. The van der Waals surface area contributed by atoms with Crippen LogP contribution in [0.3, 0.4) is 0 Å². The second-order valence-corrected chi connectivity index (χ2v) is 7.41. The number of fused-ring (bicyclic) bond motifs is 1. The van der Waals surface area contributed by atoms with Gasteiger partial charge >= 0.3 is 0 Å². The Morgan fingerprint density at radius 2 is 2.04 bits per heavy atom. The summed E-state index contributed by atoms with van der Waals surface area (Å²) in [6.07, 6.45) is 1.34. The zero-order valence-electron chi connectivity index (χ0n) is 15.7. The third-order valence-electron chi connectivity index (χ3n) is 5.44. The van der Waals surface area contributed by atoms with Crippen LogP contribution in [0.5, 0.6) is 0 Å². The fourth-order valence-electron chi connectivity index (χ4n) is 3.90. The van der Waals surface area contributed by atoms with Gasteiger partial charge in [-0.25, -0.2) is 28.2 Å². The van der Waals surface area contributed by atoms with Crippen LogP contribution in [0.15, 0.2) is 30.7 Å². The van der Waals surface area contributed by atoms with Crippen molar-refractivity contribution in [3.63, 3.8) is 0 Å². The van der Waals surface area contributed by atoms with E-state index in [4.69, 9.17) is 0 Å². The summed E-state index contributed by atoms with van der Waals surface area (Å²) in [7, 11) is 0. The minimum atomic E-state index is -2.66. The first kappa shape index (κ1) is 18.7. The van der Waals surface area contributed by atoms with E-state index in [-0.39, 0.29) is 24.3 Å². The van der Waals surface area contributed by atoms with Gasteiger partial charge in [-0.05, 0) is 31.4 Å². The molecular weight excluding hydrogens is 366 g/mol. The van der Waals surface area contributed by atoms with Gasteiger partial charge in [-0.15, -0.1) is 0 Å². The number of rotatable bonds is 4. The average molecular weight is 388 g/mol. The fourth-order valence-corrected chi connectivity index (χ4v) is 3.90. The molecule has 7 nitrogen and oxygen atoms in total. The number of nitrogens with zero attached hydrogens (tertiary/aromatic N) is 6. The summed E-state index contributed by atoms with van der Waals surface area (Å²) >= 11 is 0. The molecule has 3 unspecified atom stereocenters. The Labute approximate surface area is 161 Å². The lowest BCUT2D eigenvalue weighted by atomic mass is 9.85. The molecule has 0 saturated carbocycles. The number of imidazole rings is 1. The van der Waals surface area contributed by atoms with E-state index < -0.39 is 6.43 Å². The van der Waals surface area contributed by atoms with E-state index in [0.717, 1.165) is 18.8 Å². The van der Waals surface area contributed by atoms with Crippen LogP contribution in [0, 0.1) is 11.8 Å². The normalized spacial score (nSPS) is 22.9. The van der Waals surface area contributed by atoms with Crippen LogP contribution in [-0.2, 0) is 0 Å². The first-order valence-corrected chi connectivity index (χ1v) is 9.30. The molecule has 3 atom stereocenters. The predicted molar refractivity (Wildman–Crippen MR) is 100 cm³/mol. The number of piperidine rings is 1. The highest BCUT2D eigenvalue weighted by molar-refractivity contribution is 5.62. The number of alkyl halides is 2. The van der Waals surface area contributed by atoms with Crippen molar-refractivity contribution in [1.82, 2.24) is 24.6 Å². The van der Waals surface area contributed by atoms with E-state index in [1.807, 2.05) is 6.07 Å². The van der Waals surface area contributed by atoms with Gasteiger partial charge < -0.3 is 10.0 Å². The molecule has 4 rings (SSSR count). The Morgan fingerprint density at radius 3 is 2.79 bits per heavy atom. The molecule has 1 aliphatic heterocycles. The van der Waals surface area contributed by atoms with Gasteiger partial charge in [-0.3, -0.25) is 0 Å². The molecule has 148 valence electrons. The van der Waals surface area contributed by atoms with Crippen LogP contribution in [0.4, 0.5) is 14.6 Å². The van der Waals surface area contributed by atoms with Gasteiger partial charge in [-0.1, -0.05) is 6.92 Å². The molecule has 0 bridgehead atoms. The number of aliphatic hydroxyl groups is 1. The second kappa shape index (κ2) is 7.38. The molecule has 4 heterocycles. The van der Waals surface area contributed by atoms with Crippen molar-refractivity contribution < 1.29 is 13.9 Å². The van der Waals surface area contributed by atoms with E-state index >= 15 is 0 Å². The van der Waals surface area contributed by atoms with Crippen LogP contribution in [-0.4, -0.2) is 48.9 Å². The van der Waals surface area contributed by atoms with Gasteiger partial charge in [0.1, 0.15) is 23.5 Å². The standard InChI is InChI=1S/C19H22F2N6O/c1-11-5-13(9-28)12(2)26(8-11)18-6-15(23-10-24-18)16-7-22-17-4-3-14(19(20)21)25-27(16)17/h3-4,6-7,10-13,19,28H,5,8-9H2,1-2H3. The van der Waals surface area contributed by atoms with Gasteiger partial charge in [0.15, 0.2) is 5.65 Å². The van der Waals surface area contributed by atoms with Gasteiger partial charge in [0.25, 0.3) is 6.43 Å². The van der Waals surface area contributed by atoms with Crippen LogP contribution >= 0.6 is 0 Å². The Kier molecular flexibility index (Phi) is 4.92. The van der Waals surface area contributed by atoms with Crippen LogP contribution in [0.25, 0.3) is 17.0 Å². The van der Waals surface area contributed by atoms with Crippen molar-refractivity contribution in [2.45, 2.75) is 32.7 Å². The molecule has 0 spiro atoms. The topological polar surface area (TPSA) is 79.4 Å². The highest BCUT2D eigenvalue weighted by atomic mass is 19.3. The number of aliphatic hydroxyl groups excluding tert-OH is 1. The minimum absolute atomic E-state index is 0.132. The van der Waals surface area contributed by atoms with Gasteiger partial charge in [0, 0.05) is 31.2 Å². The predicted octanol–water partition coefficient (Wildman–Crippen LogP) is 2.97. The lowest BCUT2D eigenvalue weighted by Crippen LogP contribution is -2.48. The number of hydrogen-bond donors (Lipinski definition) is 1. The van der Waals surface area contributed by atoms with E-state index in [9.17, 15) is 13.9 Å². The summed E-state index contributed by atoms with van der Waals surface area (Å²) in [6.45, 7) is 5.20. The summed E-state index contributed by atoms with van der Waals surface area (Å²) in [5.41, 5.74) is 1.24. The van der Waals surface area contributed by atoms with Crippen molar-refractivity contribution in [1.29, 1.82) is 0 Å². The molecule has 1 aliphatic rings. The summed E-state index contributed by atoms with van der Waals surface area (Å²) in [5, 5.41) is 13.7.